The number of hydrogen-bond donors (Lipinski definition) is 3. The van der Waals surface area contributed by atoms with E-state index in [1.807, 2.05) is 36.0 Å². The molecule has 2 aliphatic rings. The average Bonchev–Trinajstić information content (AvgIpc) is 3.03. The van der Waals surface area contributed by atoms with Gasteiger partial charge in [-0.1, -0.05) is 28.4 Å². The summed E-state index contributed by atoms with van der Waals surface area (Å²) in [4.78, 5) is 23.3. The number of anilines is 1. The van der Waals surface area contributed by atoms with Crippen LogP contribution in [-0.2, 0) is 4.79 Å². The minimum absolute atomic E-state index is 0.0429. The number of amides is 3. The zero-order valence-corrected chi connectivity index (χ0v) is 15.1. The Hall–Kier alpha value is -1.21. The van der Waals surface area contributed by atoms with E-state index in [0.717, 1.165) is 35.2 Å². The molecule has 3 N–H and O–H groups in total. The number of carbonyl (C=O) groups excluding carboxylic acids is 2. The van der Waals surface area contributed by atoms with Crippen LogP contribution in [0.25, 0.3) is 0 Å². The number of hydrogen-bond acceptors (Lipinski definition) is 3. The second-order valence-electron chi connectivity index (χ2n) is 5.93. The lowest BCUT2D eigenvalue weighted by atomic mass is 10.0. The Bertz CT molecular complexity index is 598. The van der Waals surface area contributed by atoms with Crippen LogP contribution in [0, 0.1) is 0 Å². The van der Waals surface area contributed by atoms with Gasteiger partial charge < -0.3 is 16.0 Å². The summed E-state index contributed by atoms with van der Waals surface area (Å²) >= 11 is 5.31. The van der Waals surface area contributed by atoms with Crippen LogP contribution in [0.15, 0.2) is 28.7 Å². The Morgan fingerprint density at radius 3 is 3.04 bits per heavy atom. The molecule has 2 aliphatic heterocycles. The Kier molecular flexibility index (Phi) is 5.48. The number of carbonyl (C=O) groups is 2. The minimum Gasteiger partial charge on any atom is -0.332 e. The topological polar surface area (TPSA) is 70.2 Å². The molecule has 3 atom stereocenters. The van der Waals surface area contributed by atoms with Gasteiger partial charge in [0.15, 0.2) is 0 Å². The van der Waals surface area contributed by atoms with Gasteiger partial charge in [0, 0.05) is 27.6 Å². The van der Waals surface area contributed by atoms with Crippen LogP contribution in [0.4, 0.5) is 10.5 Å². The molecular weight excluding hydrogens is 378 g/mol. The highest BCUT2D eigenvalue weighted by molar-refractivity contribution is 9.10. The van der Waals surface area contributed by atoms with E-state index >= 15 is 0 Å². The predicted octanol–water partition coefficient (Wildman–Crippen LogP) is 3.11. The predicted molar refractivity (Wildman–Crippen MR) is 96.7 cm³/mol. The van der Waals surface area contributed by atoms with Crippen molar-refractivity contribution in [1.82, 2.24) is 10.6 Å². The molecule has 0 spiro atoms. The Labute approximate surface area is 148 Å². The first kappa shape index (κ1) is 16.6. The van der Waals surface area contributed by atoms with Gasteiger partial charge in [0.2, 0.25) is 5.91 Å². The second kappa shape index (κ2) is 7.57. The van der Waals surface area contributed by atoms with Crippen molar-refractivity contribution < 1.29 is 9.59 Å². The molecule has 0 aromatic heterocycles. The first-order valence-electron chi connectivity index (χ1n) is 7.86. The standard InChI is InChI=1S/C16H20BrN3O2S/c17-10-4-3-5-11(8-10)18-14(21)7-2-1-6-13-15-12(9-23-13)19-16(22)20-15/h3-5,8,12-13,15H,1-2,6-7,9H2,(H,18,21)(H2,19,20,22)/t12-,13-,15-/m0/s1. The van der Waals surface area contributed by atoms with Crippen molar-refractivity contribution in [2.75, 3.05) is 11.1 Å². The van der Waals surface area contributed by atoms with E-state index in [1.165, 1.54) is 0 Å². The third kappa shape index (κ3) is 4.41. The summed E-state index contributed by atoms with van der Waals surface area (Å²) in [7, 11) is 0. The summed E-state index contributed by atoms with van der Waals surface area (Å²) in [5.41, 5.74) is 0.818. The molecule has 2 heterocycles. The van der Waals surface area contributed by atoms with Gasteiger partial charge in [-0.15, -0.1) is 0 Å². The van der Waals surface area contributed by atoms with E-state index in [-0.39, 0.29) is 24.0 Å². The zero-order chi connectivity index (χ0) is 16.2. The van der Waals surface area contributed by atoms with Gasteiger partial charge in [0.1, 0.15) is 0 Å². The largest absolute Gasteiger partial charge is 0.332 e. The molecule has 2 saturated heterocycles. The Morgan fingerprint density at radius 1 is 1.35 bits per heavy atom. The molecule has 0 saturated carbocycles. The molecule has 3 amide bonds. The summed E-state index contributed by atoms with van der Waals surface area (Å²) in [5, 5.41) is 9.32. The molecule has 0 bridgehead atoms. The number of rotatable bonds is 6. The lowest BCUT2D eigenvalue weighted by molar-refractivity contribution is -0.116. The summed E-state index contributed by atoms with van der Waals surface area (Å²) in [6, 6.07) is 8.09. The van der Waals surface area contributed by atoms with E-state index in [9.17, 15) is 9.59 Å². The summed E-state index contributed by atoms with van der Waals surface area (Å²) in [6.45, 7) is 0. The number of nitrogens with one attached hydrogen (secondary N) is 3. The fourth-order valence-corrected chi connectivity index (χ4v) is 5.01. The van der Waals surface area contributed by atoms with Crippen LogP contribution < -0.4 is 16.0 Å². The molecule has 23 heavy (non-hydrogen) atoms. The molecule has 0 radical (unpaired) electrons. The molecule has 5 nitrogen and oxygen atoms in total. The van der Waals surface area contributed by atoms with E-state index in [0.29, 0.717) is 11.7 Å². The molecule has 1 aromatic rings. The summed E-state index contributed by atoms with van der Waals surface area (Å²) < 4.78 is 0.954. The number of fused-ring (bicyclic) bond motifs is 1. The fraction of sp³-hybridized carbons (Fsp3) is 0.500. The normalized spacial score (nSPS) is 25.6. The van der Waals surface area contributed by atoms with E-state index in [2.05, 4.69) is 31.9 Å². The Morgan fingerprint density at radius 2 is 2.22 bits per heavy atom. The van der Waals surface area contributed by atoms with Crippen molar-refractivity contribution >= 4 is 45.3 Å². The molecule has 0 unspecified atom stereocenters. The van der Waals surface area contributed by atoms with E-state index in [1.54, 1.807) is 0 Å². The maximum Gasteiger partial charge on any atom is 0.315 e. The zero-order valence-electron chi connectivity index (χ0n) is 12.7. The first-order valence-corrected chi connectivity index (χ1v) is 9.70. The van der Waals surface area contributed by atoms with E-state index < -0.39 is 0 Å². The highest BCUT2D eigenvalue weighted by Gasteiger charge is 2.42. The summed E-state index contributed by atoms with van der Waals surface area (Å²) in [5.74, 6) is 1.04. The molecular formula is C16H20BrN3O2S. The number of benzene rings is 1. The van der Waals surface area contributed by atoms with Gasteiger partial charge in [-0.25, -0.2) is 4.79 Å². The van der Waals surface area contributed by atoms with Crippen molar-refractivity contribution in [1.29, 1.82) is 0 Å². The minimum atomic E-state index is -0.0429. The molecule has 7 heteroatoms. The monoisotopic (exact) mass is 397 g/mol. The van der Waals surface area contributed by atoms with Gasteiger partial charge in [-0.2, -0.15) is 11.8 Å². The quantitative estimate of drug-likeness (QED) is 0.510. The Balaban J connectivity index is 1.35. The lowest BCUT2D eigenvalue weighted by Gasteiger charge is -2.16. The maximum absolute atomic E-state index is 11.9. The van der Waals surface area contributed by atoms with Crippen molar-refractivity contribution in [3.05, 3.63) is 28.7 Å². The van der Waals surface area contributed by atoms with Gasteiger partial charge in [-0.05, 0) is 31.0 Å². The lowest BCUT2D eigenvalue weighted by Crippen LogP contribution is -2.36. The molecule has 3 rings (SSSR count). The highest BCUT2D eigenvalue weighted by Crippen LogP contribution is 2.33. The maximum atomic E-state index is 11.9. The van der Waals surface area contributed by atoms with Crippen LogP contribution in [-0.4, -0.2) is 35.0 Å². The number of unbranched alkanes of at least 4 members (excludes halogenated alkanes) is 1. The van der Waals surface area contributed by atoms with Crippen LogP contribution >= 0.6 is 27.7 Å². The SMILES string of the molecule is O=C(CCCC[C@@H]1SC[C@@H]2NC(=O)N[C@@H]21)Nc1cccc(Br)c1. The van der Waals surface area contributed by atoms with Gasteiger partial charge in [0.05, 0.1) is 12.1 Å². The van der Waals surface area contributed by atoms with Crippen LogP contribution in [0.3, 0.4) is 0 Å². The van der Waals surface area contributed by atoms with Crippen molar-refractivity contribution in [2.24, 2.45) is 0 Å². The van der Waals surface area contributed by atoms with Crippen molar-refractivity contribution in [3.63, 3.8) is 0 Å². The molecule has 0 aliphatic carbocycles. The number of halogens is 1. The third-order valence-corrected chi connectivity index (χ3v) is 6.19. The van der Waals surface area contributed by atoms with Crippen molar-refractivity contribution in [2.45, 2.75) is 43.0 Å². The van der Waals surface area contributed by atoms with Gasteiger partial charge in [-0.3, -0.25) is 4.79 Å². The first-order chi connectivity index (χ1) is 11.1. The van der Waals surface area contributed by atoms with E-state index in [4.69, 9.17) is 0 Å². The fourth-order valence-electron chi connectivity index (χ4n) is 3.06. The highest BCUT2D eigenvalue weighted by atomic mass is 79.9. The average molecular weight is 398 g/mol. The number of thioether (sulfide) groups is 1. The number of urea groups is 1. The molecule has 1 aromatic carbocycles. The smallest absolute Gasteiger partial charge is 0.315 e. The van der Waals surface area contributed by atoms with Crippen LogP contribution in [0.1, 0.15) is 25.7 Å². The van der Waals surface area contributed by atoms with Crippen LogP contribution in [0.2, 0.25) is 0 Å². The summed E-state index contributed by atoms with van der Waals surface area (Å²) in [6.07, 6.45) is 3.44. The second-order valence-corrected chi connectivity index (χ2v) is 8.11. The van der Waals surface area contributed by atoms with Gasteiger partial charge in [0.25, 0.3) is 0 Å². The van der Waals surface area contributed by atoms with Gasteiger partial charge >= 0.3 is 6.03 Å². The van der Waals surface area contributed by atoms with Crippen molar-refractivity contribution in [3.8, 4) is 0 Å². The molecule has 124 valence electrons. The molecule has 2 fully saturated rings. The van der Waals surface area contributed by atoms with Crippen LogP contribution in [0.5, 0.6) is 0 Å². The third-order valence-electron chi connectivity index (χ3n) is 4.19.